The minimum atomic E-state index is -1.31. The molecule has 1 unspecified atom stereocenters. The molecule has 0 bridgehead atoms. The molecule has 1 aliphatic heterocycles. The van der Waals surface area contributed by atoms with Gasteiger partial charge < -0.3 is 15.2 Å². The Morgan fingerprint density at radius 3 is 2.57 bits per heavy atom. The molecule has 0 aliphatic carbocycles. The van der Waals surface area contributed by atoms with E-state index in [1.54, 1.807) is 20.8 Å². The summed E-state index contributed by atoms with van der Waals surface area (Å²) in [6.07, 6.45) is -1.31. The van der Waals surface area contributed by atoms with Gasteiger partial charge in [-0.1, -0.05) is 0 Å². The van der Waals surface area contributed by atoms with Crippen LogP contribution in [-0.4, -0.2) is 40.2 Å². The molecule has 1 aromatic carbocycles. The number of nitrogens with one attached hydrogen (secondary N) is 1. The van der Waals surface area contributed by atoms with Crippen LogP contribution in [0.15, 0.2) is 6.07 Å². The van der Waals surface area contributed by atoms with Crippen LogP contribution in [0.1, 0.15) is 26.3 Å². The van der Waals surface area contributed by atoms with E-state index in [9.17, 15) is 23.5 Å². The minimum Gasteiger partial charge on any atom is -0.488 e. The first kappa shape index (κ1) is 17.0. The Labute approximate surface area is 132 Å². The van der Waals surface area contributed by atoms with Gasteiger partial charge in [-0.2, -0.15) is 0 Å². The van der Waals surface area contributed by atoms with Gasteiger partial charge >= 0.3 is 6.09 Å². The van der Waals surface area contributed by atoms with Gasteiger partial charge in [-0.3, -0.25) is 9.69 Å². The molecular formula is C15H18F2N2O4. The van der Waals surface area contributed by atoms with Gasteiger partial charge in [0.05, 0.1) is 0 Å². The molecule has 2 amide bonds. The quantitative estimate of drug-likeness (QED) is 0.831. The highest BCUT2D eigenvalue weighted by Gasteiger charge is 2.40. The number of carbonyl (C=O) groups is 2. The standard InChI is InChI=1S/C15H18F2N2O4/c1-7-8(16)5-10-12(11(7)17)18-13(20)9(6-23-10)19(14(21)22)15(2,3)4/h5,9H,6H2,1-4H3,(H,18,20)(H,21,22). The third-order valence-electron chi connectivity index (χ3n) is 3.60. The van der Waals surface area contributed by atoms with Gasteiger partial charge in [0, 0.05) is 17.2 Å². The Morgan fingerprint density at radius 1 is 1.43 bits per heavy atom. The maximum Gasteiger partial charge on any atom is 0.408 e. The van der Waals surface area contributed by atoms with E-state index < -0.39 is 35.2 Å². The second-order valence-corrected chi connectivity index (χ2v) is 6.31. The maximum absolute atomic E-state index is 14.2. The number of rotatable bonds is 1. The first-order chi connectivity index (χ1) is 10.5. The molecule has 23 heavy (non-hydrogen) atoms. The second kappa shape index (κ2) is 5.68. The highest BCUT2D eigenvalue weighted by Crippen LogP contribution is 2.34. The molecule has 1 aliphatic rings. The average Bonchev–Trinajstić information content (AvgIpc) is 2.56. The molecule has 2 N–H and O–H groups in total. The molecular weight excluding hydrogens is 310 g/mol. The molecule has 0 saturated carbocycles. The Balaban J connectivity index is 2.44. The lowest BCUT2D eigenvalue weighted by molar-refractivity contribution is -0.123. The van der Waals surface area contributed by atoms with E-state index in [0.717, 1.165) is 11.0 Å². The molecule has 1 heterocycles. The first-order valence-corrected chi connectivity index (χ1v) is 6.98. The van der Waals surface area contributed by atoms with E-state index in [0.29, 0.717) is 0 Å². The SMILES string of the molecule is Cc1c(F)cc2c(c1F)NC(=O)C(N(C(=O)O)C(C)(C)C)CO2. The number of ether oxygens (including phenoxy) is 1. The molecule has 2 rings (SSSR count). The highest BCUT2D eigenvalue weighted by molar-refractivity contribution is 5.98. The zero-order valence-corrected chi connectivity index (χ0v) is 13.2. The molecule has 0 saturated heterocycles. The molecule has 1 aromatic rings. The van der Waals surface area contributed by atoms with Crippen molar-refractivity contribution >= 4 is 17.7 Å². The Hall–Kier alpha value is -2.38. The van der Waals surface area contributed by atoms with Crippen molar-refractivity contribution in [2.75, 3.05) is 11.9 Å². The van der Waals surface area contributed by atoms with Gasteiger partial charge in [0.2, 0.25) is 0 Å². The zero-order chi connectivity index (χ0) is 17.5. The van der Waals surface area contributed by atoms with Gasteiger partial charge in [0.1, 0.15) is 29.9 Å². The smallest absolute Gasteiger partial charge is 0.408 e. The molecule has 0 aromatic heterocycles. The number of hydrogen-bond donors (Lipinski definition) is 2. The van der Waals surface area contributed by atoms with E-state index in [2.05, 4.69) is 5.32 Å². The van der Waals surface area contributed by atoms with Crippen molar-refractivity contribution in [1.29, 1.82) is 0 Å². The lowest BCUT2D eigenvalue weighted by Crippen LogP contribution is -2.57. The van der Waals surface area contributed by atoms with Crippen LogP contribution in [-0.2, 0) is 4.79 Å². The highest BCUT2D eigenvalue weighted by atomic mass is 19.1. The summed E-state index contributed by atoms with van der Waals surface area (Å²) in [5, 5.41) is 11.7. The number of hydrogen-bond acceptors (Lipinski definition) is 3. The fraction of sp³-hybridized carbons (Fsp3) is 0.467. The number of nitrogens with zero attached hydrogens (tertiary/aromatic N) is 1. The molecule has 126 valence electrons. The maximum atomic E-state index is 14.2. The summed E-state index contributed by atoms with van der Waals surface area (Å²) in [6, 6.07) is -0.221. The monoisotopic (exact) mass is 328 g/mol. The molecule has 0 radical (unpaired) electrons. The Kier molecular flexibility index (Phi) is 4.19. The summed E-state index contributed by atoms with van der Waals surface area (Å²) < 4.78 is 33.1. The van der Waals surface area contributed by atoms with Crippen LogP contribution in [0.5, 0.6) is 5.75 Å². The topological polar surface area (TPSA) is 78.9 Å². The average molecular weight is 328 g/mol. The van der Waals surface area contributed by atoms with E-state index in [1.807, 2.05) is 0 Å². The first-order valence-electron chi connectivity index (χ1n) is 6.98. The minimum absolute atomic E-state index is 0.166. The van der Waals surface area contributed by atoms with E-state index in [4.69, 9.17) is 4.74 Å². The Bertz CT molecular complexity index is 670. The van der Waals surface area contributed by atoms with Crippen molar-refractivity contribution in [2.24, 2.45) is 0 Å². The Morgan fingerprint density at radius 2 is 2.04 bits per heavy atom. The zero-order valence-electron chi connectivity index (χ0n) is 13.2. The normalized spacial score (nSPS) is 17.7. The largest absolute Gasteiger partial charge is 0.488 e. The number of benzene rings is 1. The number of carboxylic acid groups (broad SMARTS) is 1. The van der Waals surface area contributed by atoms with Crippen LogP contribution in [0.2, 0.25) is 0 Å². The van der Waals surface area contributed by atoms with Crippen LogP contribution in [0.25, 0.3) is 0 Å². The van der Waals surface area contributed by atoms with E-state index in [1.165, 1.54) is 6.92 Å². The summed E-state index contributed by atoms with van der Waals surface area (Å²) in [6.45, 7) is 5.76. The third-order valence-corrected chi connectivity index (χ3v) is 3.60. The molecule has 8 heteroatoms. The third kappa shape index (κ3) is 3.06. The number of halogens is 2. The second-order valence-electron chi connectivity index (χ2n) is 6.31. The van der Waals surface area contributed by atoms with Crippen molar-refractivity contribution < 1.29 is 28.2 Å². The summed E-state index contributed by atoms with van der Waals surface area (Å²) in [7, 11) is 0. The summed E-state index contributed by atoms with van der Waals surface area (Å²) in [5.41, 5.74) is -1.42. The summed E-state index contributed by atoms with van der Waals surface area (Å²) in [4.78, 5) is 24.8. The van der Waals surface area contributed by atoms with Gasteiger partial charge in [-0.05, 0) is 27.7 Å². The van der Waals surface area contributed by atoms with Gasteiger partial charge in [-0.15, -0.1) is 0 Å². The van der Waals surface area contributed by atoms with E-state index >= 15 is 0 Å². The van der Waals surface area contributed by atoms with Crippen molar-refractivity contribution in [3.05, 3.63) is 23.3 Å². The molecule has 0 spiro atoms. The van der Waals surface area contributed by atoms with Crippen molar-refractivity contribution in [3.63, 3.8) is 0 Å². The number of anilines is 1. The van der Waals surface area contributed by atoms with Crippen LogP contribution < -0.4 is 10.1 Å². The van der Waals surface area contributed by atoms with Crippen molar-refractivity contribution in [1.82, 2.24) is 4.90 Å². The van der Waals surface area contributed by atoms with Crippen molar-refractivity contribution in [2.45, 2.75) is 39.3 Å². The molecule has 6 nitrogen and oxygen atoms in total. The number of amides is 2. The number of fused-ring (bicyclic) bond motifs is 1. The van der Waals surface area contributed by atoms with Crippen LogP contribution >= 0.6 is 0 Å². The predicted molar refractivity (Wildman–Crippen MR) is 78.6 cm³/mol. The van der Waals surface area contributed by atoms with Crippen LogP contribution in [0, 0.1) is 18.6 Å². The molecule has 1 atom stereocenters. The number of carbonyl (C=O) groups excluding carboxylic acids is 1. The predicted octanol–water partition coefficient (Wildman–Crippen LogP) is 2.75. The lowest BCUT2D eigenvalue weighted by atomic mass is 10.0. The lowest BCUT2D eigenvalue weighted by Gasteiger charge is -2.37. The molecule has 0 fully saturated rings. The van der Waals surface area contributed by atoms with Gasteiger partial charge in [0.25, 0.3) is 5.91 Å². The van der Waals surface area contributed by atoms with Gasteiger partial charge in [0.15, 0.2) is 5.82 Å². The van der Waals surface area contributed by atoms with Crippen LogP contribution in [0.4, 0.5) is 19.3 Å². The van der Waals surface area contributed by atoms with Crippen molar-refractivity contribution in [3.8, 4) is 5.75 Å². The van der Waals surface area contributed by atoms with Crippen LogP contribution in [0.3, 0.4) is 0 Å². The fourth-order valence-corrected chi connectivity index (χ4v) is 2.46. The summed E-state index contributed by atoms with van der Waals surface area (Å²) >= 11 is 0. The van der Waals surface area contributed by atoms with E-state index in [-0.39, 0.29) is 23.6 Å². The fourth-order valence-electron chi connectivity index (χ4n) is 2.46. The summed E-state index contributed by atoms with van der Waals surface area (Å²) in [5.74, 6) is -2.64. The van der Waals surface area contributed by atoms with Gasteiger partial charge in [-0.25, -0.2) is 13.6 Å².